The van der Waals surface area contributed by atoms with Gasteiger partial charge in [0.25, 0.3) is 0 Å². The standard InChI is InChI=1S/C7H14N2O2/c1-2-11-6(10)7(3-8)4-9-5-7/h9H,2-5,8H2,1H3. The van der Waals surface area contributed by atoms with E-state index >= 15 is 0 Å². The summed E-state index contributed by atoms with van der Waals surface area (Å²) < 4.78 is 4.88. The molecule has 1 heterocycles. The minimum absolute atomic E-state index is 0.166. The molecule has 0 aromatic carbocycles. The summed E-state index contributed by atoms with van der Waals surface area (Å²) in [5.41, 5.74) is 5.04. The molecule has 0 aliphatic carbocycles. The Labute approximate surface area is 66.1 Å². The molecule has 4 nitrogen and oxygen atoms in total. The van der Waals surface area contributed by atoms with Crippen molar-refractivity contribution in [2.24, 2.45) is 11.1 Å². The quantitative estimate of drug-likeness (QED) is 0.522. The maximum atomic E-state index is 11.2. The van der Waals surface area contributed by atoms with Gasteiger partial charge in [-0.2, -0.15) is 0 Å². The molecule has 0 atom stereocenters. The summed E-state index contributed by atoms with van der Waals surface area (Å²) >= 11 is 0. The number of rotatable bonds is 3. The lowest BCUT2D eigenvalue weighted by Crippen LogP contribution is -2.62. The Morgan fingerprint density at radius 2 is 2.36 bits per heavy atom. The van der Waals surface area contributed by atoms with Crippen LogP contribution in [-0.2, 0) is 9.53 Å². The van der Waals surface area contributed by atoms with Gasteiger partial charge in [-0.1, -0.05) is 0 Å². The van der Waals surface area contributed by atoms with Crippen molar-refractivity contribution in [1.29, 1.82) is 0 Å². The Hall–Kier alpha value is -0.610. The molecule has 0 amide bonds. The summed E-state index contributed by atoms with van der Waals surface area (Å²) in [6, 6.07) is 0. The topological polar surface area (TPSA) is 64.3 Å². The highest BCUT2D eigenvalue weighted by atomic mass is 16.5. The van der Waals surface area contributed by atoms with E-state index in [1.165, 1.54) is 0 Å². The maximum Gasteiger partial charge on any atom is 0.315 e. The normalized spacial score (nSPS) is 20.5. The van der Waals surface area contributed by atoms with Gasteiger partial charge in [0.2, 0.25) is 0 Å². The molecule has 1 fully saturated rings. The van der Waals surface area contributed by atoms with Crippen molar-refractivity contribution in [1.82, 2.24) is 5.32 Å². The number of esters is 1. The molecular weight excluding hydrogens is 144 g/mol. The number of hydrogen-bond acceptors (Lipinski definition) is 4. The zero-order chi connectivity index (χ0) is 8.32. The van der Waals surface area contributed by atoms with Crippen LogP contribution in [0.2, 0.25) is 0 Å². The lowest BCUT2D eigenvalue weighted by molar-refractivity contribution is -0.157. The van der Waals surface area contributed by atoms with Crippen molar-refractivity contribution in [3.63, 3.8) is 0 Å². The first-order valence-corrected chi connectivity index (χ1v) is 3.83. The molecule has 0 bridgehead atoms. The lowest BCUT2D eigenvalue weighted by atomic mass is 9.82. The van der Waals surface area contributed by atoms with Crippen LogP contribution in [0.15, 0.2) is 0 Å². The summed E-state index contributed by atoms with van der Waals surface area (Å²) in [6.45, 7) is 3.91. The summed E-state index contributed by atoms with van der Waals surface area (Å²) in [7, 11) is 0. The molecule has 4 heteroatoms. The second kappa shape index (κ2) is 3.19. The maximum absolute atomic E-state index is 11.2. The van der Waals surface area contributed by atoms with E-state index in [4.69, 9.17) is 10.5 Å². The van der Waals surface area contributed by atoms with Gasteiger partial charge in [-0.05, 0) is 6.92 Å². The van der Waals surface area contributed by atoms with E-state index in [1.807, 2.05) is 0 Å². The van der Waals surface area contributed by atoms with E-state index in [1.54, 1.807) is 6.92 Å². The van der Waals surface area contributed by atoms with E-state index in [0.29, 0.717) is 26.2 Å². The molecule has 0 aromatic heterocycles. The Morgan fingerprint density at radius 3 is 2.64 bits per heavy atom. The average molecular weight is 158 g/mol. The number of carbonyl (C=O) groups is 1. The van der Waals surface area contributed by atoms with Crippen molar-refractivity contribution >= 4 is 5.97 Å². The number of nitrogens with one attached hydrogen (secondary N) is 1. The van der Waals surface area contributed by atoms with E-state index in [2.05, 4.69) is 5.32 Å². The Bertz CT molecular complexity index is 149. The molecular formula is C7H14N2O2. The van der Waals surface area contributed by atoms with Crippen molar-refractivity contribution in [3.8, 4) is 0 Å². The predicted molar refractivity (Wildman–Crippen MR) is 41.0 cm³/mol. The van der Waals surface area contributed by atoms with Crippen LogP contribution in [0, 0.1) is 5.41 Å². The highest BCUT2D eigenvalue weighted by Crippen LogP contribution is 2.22. The Morgan fingerprint density at radius 1 is 1.73 bits per heavy atom. The highest BCUT2D eigenvalue weighted by molar-refractivity contribution is 5.79. The third kappa shape index (κ3) is 1.36. The first kappa shape index (κ1) is 8.49. The summed E-state index contributed by atoms with van der Waals surface area (Å²) in [5, 5.41) is 3.01. The van der Waals surface area contributed by atoms with Crippen LogP contribution >= 0.6 is 0 Å². The fourth-order valence-electron chi connectivity index (χ4n) is 1.08. The second-order valence-corrected chi connectivity index (χ2v) is 2.81. The molecule has 0 spiro atoms. The molecule has 3 N–H and O–H groups in total. The van der Waals surface area contributed by atoms with Gasteiger partial charge < -0.3 is 15.8 Å². The zero-order valence-electron chi connectivity index (χ0n) is 6.72. The molecule has 1 aliphatic heterocycles. The van der Waals surface area contributed by atoms with E-state index in [0.717, 1.165) is 0 Å². The number of carbonyl (C=O) groups excluding carboxylic acids is 1. The van der Waals surface area contributed by atoms with Gasteiger partial charge in [0.05, 0.1) is 6.61 Å². The monoisotopic (exact) mass is 158 g/mol. The molecule has 1 saturated heterocycles. The van der Waals surface area contributed by atoms with Gasteiger partial charge in [0, 0.05) is 19.6 Å². The first-order valence-electron chi connectivity index (χ1n) is 3.83. The fourth-order valence-corrected chi connectivity index (χ4v) is 1.08. The minimum Gasteiger partial charge on any atom is -0.465 e. The molecule has 0 aromatic rings. The van der Waals surface area contributed by atoms with Crippen LogP contribution in [0.4, 0.5) is 0 Å². The summed E-state index contributed by atoms with van der Waals surface area (Å²) in [4.78, 5) is 11.2. The van der Waals surface area contributed by atoms with Crippen LogP contribution in [-0.4, -0.2) is 32.2 Å². The summed E-state index contributed by atoms with van der Waals surface area (Å²) in [5.74, 6) is -0.166. The Balaban J connectivity index is 2.47. The SMILES string of the molecule is CCOC(=O)C1(CN)CNC1. The largest absolute Gasteiger partial charge is 0.465 e. The van der Waals surface area contributed by atoms with Crippen molar-refractivity contribution in [2.75, 3.05) is 26.2 Å². The second-order valence-electron chi connectivity index (χ2n) is 2.81. The fraction of sp³-hybridized carbons (Fsp3) is 0.857. The van der Waals surface area contributed by atoms with Crippen LogP contribution in [0.3, 0.4) is 0 Å². The van der Waals surface area contributed by atoms with Crippen LogP contribution in [0.25, 0.3) is 0 Å². The molecule has 0 unspecified atom stereocenters. The molecule has 1 rings (SSSR count). The summed E-state index contributed by atoms with van der Waals surface area (Å²) in [6.07, 6.45) is 0. The van der Waals surface area contributed by atoms with Crippen LogP contribution < -0.4 is 11.1 Å². The van der Waals surface area contributed by atoms with Gasteiger partial charge in [0.15, 0.2) is 0 Å². The molecule has 0 radical (unpaired) electrons. The smallest absolute Gasteiger partial charge is 0.315 e. The Kier molecular flexibility index (Phi) is 2.46. The number of nitrogens with two attached hydrogens (primary N) is 1. The van der Waals surface area contributed by atoms with E-state index in [-0.39, 0.29) is 5.97 Å². The molecule has 11 heavy (non-hydrogen) atoms. The van der Waals surface area contributed by atoms with Crippen LogP contribution in [0.1, 0.15) is 6.92 Å². The molecule has 0 saturated carbocycles. The van der Waals surface area contributed by atoms with Gasteiger partial charge in [-0.25, -0.2) is 0 Å². The van der Waals surface area contributed by atoms with Crippen molar-refractivity contribution in [3.05, 3.63) is 0 Å². The average Bonchev–Trinajstić information content (AvgIpc) is 1.87. The third-order valence-electron chi connectivity index (χ3n) is 2.03. The highest BCUT2D eigenvalue weighted by Gasteiger charge is 2.44. The van der Waals surface area contributed by atoms with Gasteiger partial charge in [-0.3, -0.25) is 4.79 Å². The van der Waals surface area contributed by atoms with E-state index < -0.39 is 5.41 Å². The number of hydrogen-bond donors (Lipinski definition) is 2. The predicted octanol–water partition coefficient (Wildman–Crippen LogP) is -0.902. The first-order chi connectivity index (χ1) is 5.25. The lowest BCUT2D eigenvalue weighted by Gasteiger charge is -2.38. The van der Waals surface area contributed by atoms with Gasteiger partial charge in [0.1, 0.15) is 5.41 Å². The minimum atomic E-state index is -0.421. The van der Waals surface area contributed by atoms with Crippen LogP contribution in [0.5, 0.6) is 0 Å². The van der Waals surface area contributed by atoms with Crippen molar-refractivity contribution in [2.45, 2.75) is 6.92 Å². The third-order valence-corrected chi connectivity index (χ3v) is 2.03. The van der Waals surface area contributed by atoms with Gasteiger partial charge in [-0.15, -0.1) is 0 Å². The molecule has 1 aliphatic rings. The van der Waals surface area contributed by atoms with Crippen molar-refractivity contribution < 1.29 is 9.53 Å². The van der Waals surface area contributed by atoms with Gasteiger partial charge >= 0.3 is 5.97 Å². The molecule has 64 valence electrons. The van der Waals surface area contributed by atoms with E-state index in [9.17, 15) is 4.79 Å². The zero-order valence-corrected chi connectivity index (χ0v) is 6.72. The number of ether oxygens (including phenoxy) is 1.